The summed E-state index contributed by atoms with van der Waals surface area (Å²) in [7, 11) is 0. The Morgan fingerprint density at radius 2 is 2.09 bits per heavy atom. The van der Waals surface area contributed by atoms with E-state index >= 15 is 0 Å². The van der Waals surface area contributed by atoms with Crippen LogP contribution in [0.1, 0.15) is 42.2 Å². The smallest absolute Gasteiger partial charge is 0.287 e. The molecule has 0 saturated heterocycles. The zero-order chi connectivity index (χ0) is 15.6. The van der Waals surface area contributed by atoms with Crippen LogP contribution in [0, 0.1) is 0 Å². The van der Waals surface area contributed by atoms with E-state index in [1.165, 1.54) is 12.8 Å². The Bertz CT molecular complexity index is 589. The van der Waals surface area contributed by atoms with Crippen LogP contribution in [0.4, 0.5) is 0 Å². The standard InChI is InChI=1S/C17H21N3O2/c1-2-3-4-12-22-15-9-7-14(8-10-15)13-19-20-17(21)16-6-5-11-18-16/h5-11,13,18H,2-4,12H2,1H3,(H,20,21)/b19-13-. The minimum absolute atomic E-state index is 0.267. The predicted octanol–water partition coefficient (Wildman–Crippen LogP) is 3.35. The van der Waals surface area contributed by atoms with E-state index in [9.17, 15) is 4.79 Å². The van der Waals surface area contributed by atoms with Crippen LogP contribution >= 0.6 is 0 Å². The van der Waals surface area contributed by atoms with Crippen LogP contribution in [0.25, 0.3) is 0 Å². The van der Waals surface area contributed by atoms with E-state index in [2.05, 4.69) is 22.4 Å². The highest BCUT2D eigenvalue weighted by Gasteiger charge is 2.02. The van der Waals surface area contributed by atoms with Gasteiger partial charge in [-0.05, 0) is 48.4 Å². The number of H-pyrrole nitrogens is 1. The number of hydrogen-bond acceptors (Lipinski definition) is 3. The fraction of sp³-hybridized carbons (Fsp3) is 0.294. The fourth-order valence-electron chi connectivity index (χ4n) is 1.89. The first-order valence-electron chi connectivity index (χ1n) is 7.49. The van der Waals surface area contributed by atoms with Crippen LogP contribution in [0.5, 0.6) is 5.75 Å². The number of amides is 1. The Kier molecular flexibility index (Phi) is 6.23. The van der Waals surface area contributed by atoms with E-state index in [1.807, 2.05) is 24.3 Å². The van der Waals surface area contributed by atoms with Gasteiger partial charge in [0.15, 0.2) is 0 Å². The van der Waals surface area contributed by atoms with Gasteiger partial charge in [0, 0.05) is 6.20 Å². The summed E-state index contributed by atoms with van der Waals surface area (Å²) in [4.78, 5) is 14.5. The molecule has 0 aliphatic carbocycles. The molecule has 116 valence electrons. The number of aromatic nitrogens is 1. The molecule has 0 saturated carbocycles. The summed E-state index contributed by atoms with van der Waals surface area (Å²) in [5.74, 6) is 0.584. The molecule has 5 heteroatoms. The van der Waals surface area contributed by atoms with E-state index in [1.54, 1.807) is 24.5 Å². The van der Waals surface area contributed by atoms with Gasteiger partial charge in [0.1, 0.15) is 11.4 Å². The lowest BCUT2D eigenvalue weighted by Gasteiger charge is -2.05. The summed E-state index contributed by atoms with van der Waals surface area (Å²) < 4.78 is 5.64. The first kappa shape index (κ1) is 15.8. The van der Waals surface area contributed by atoms with Crippen molar-refractivity contribution in [3.8, 4) is 5.75 Å². The van der Waals surface area contributed by atoms with Crippen molar-refractivity contribution < 1.29 is 9.53 Å². The summed E-state index contributed by atoms with van der Waals surface area (Å²) >= 11 is 0. The number of carbonyl (C=O) groups excluding carboxylic acids is 1. The molecule has 2 N–H and O–H groups in total. The number of unbranched alkanes of at least 4 members (excludes halogenated alkanes) is 2. The predicted molar refractivity (Wildman–Crippen MR) is 87.3 cm³/mol. The molecule has 22 heavy (non-hydrogen) atoms. The van der Waals surface area contributed by atoms with Crippen molar-refractivity contribution in [3.05, 3.63) is 53.9 Å². The molecule has 0 aliphatic heterocycles. The molecule has 2 rings (SSSR count). The van der Waals surface area contributed by atoms with Crippen LogP contribution in [0.3, 0.4) is 0 Å². The molecule has 0 bridgehead atoms. The van der Waals surface area contributed by atoms with Gasteiger partial charge >= 0.3 is 0 Å². The average Bonchev–Trinajstić information content (AvgIpc) is 3.07. The minimum atomic E-state index is -0.267. The summed E-state index contributed by atoms with van der Waals surface area (Å²) in [5.41, 5.74) is 3.84. The number of benzene rings is 1. The summed E-state index contributed by atoms with van der Waals surface area (Å²) in [5, 5.41) is 3.93. The molecule has 1 aromatic carbocycles. The Hall–Kier alpha value is -2.56. The summed E-state index contributed by atoms with van der Waals surface area (Å²) in [6, 6.07) is 11.1. The van der Waals surface area contributed by atoms with Gasteiger partial charge in [0.2, 0.25) is 0 Å². The molecule has 2 aromatic rings. The van der Waals surface area contributed by atoms with Crippen LogP contribution in [0.15, 0.2) is 47.7 Å². The van der Waals surface area contributed by atoms with Gasteiger partial charge in [-0.1, -0.05) is 19.8 Å². The average molecular weight is 299 g/mol. The van der Waals surface area contributed by atoms with Crippen LogP contribution < -0.4 is 10.2 Å². The molecule has 0 spiro atoms. The maximum absolute atomic E-state index is 11.6. The quantitative estimate of drug-likeness (QED) is 0.446. The number of carbonyl (C=O) groups is 1. The van der Waals surface area contributed by atoms with Gasteiger partial charge in [-0.15, -0.1) is 0 Å². The first-order valence-corrected chi connectivity index (χ1v) is 7.49. The molecule has 1 amide bonds. The van der Waals surface area contributed by atoms with E-state index in [-0.39, 0.29) is 5.91 Å². The molecule has 0 atom stereocenters. The topological polar surface area (TPSA) is 66.5 Å². The molecule has 1 heterocycles. The van der Waals surface area contributed by atoms with Crippen LogP contribution in [0.2, 0.25) is 0 Å². The number of nitrogens with one attached hydrogen (secondary N) is 2. The van der Waals surface area contributed by atoms with Crippen LogP contribution in [-0.4, -0.2) is 23.7 Å². The normalized spacial score (nSPS) is 10.8. The summed E-state index contributed by atoms with van der Waals surface area (Å²) in [6.45, 7) is 2.91. The van der Waals surface area contributed by atoms with Crippen molar-refractivity contribution in [2.45, 2.75) is 26.2 Å². The second-order valence-electron chi connectivity index (χ2n) is 4.91. The lowest BCUT2D eigenvalue weighted by Crippen LogP contribution is -2.17. The Morgan fingerprint density at radius 3 is 2.77 bits per heavy atom. The molecular formula is C17H21N3O2. The van der Waals surface area contributed by atoms with Gasteiger partial charge in [0.25, 0.3) is 5.91 Å². The van der Waals surface area contributed by atoms with Gasteiger partial charge in [-0.2, -0.15) is 5.10 Å². The Labute approximate surface area is 130 Å². The fourth-order valence-corrected chi connectivity index (χ4v) is 1.89. The van der Waals surface area contributed by atoms with Crippen molar-refractivity contribution in [1.29, 1.82) is 0 Å². The van der Waals surface area contributed by atoms with Crippen molar-refractivity contribution in [2.24, 2.45) is 5.10 Å². The lowest BCUT2D eigenvalue weighted by molar-refractivity contribution is 0.0951. The molecule has 0 radical (unpaired) electrons. The monoisotopic (exact) mass is 299 g/mol. The molecular weight excluding hydrogens is 278 g/mol. The van der Waals surface area contributed by atoms with E-state index in [0.717, 1.165) is 24.3 Å². The lowest BCUT2D eigenvalue weighted by atomic mass is 10.2. The van der Waals surface area contributed by atoms with E-state index in [0.29, 0.717) is 5.69 Å². The maximum Gasteiger partial charge on any atom is 0.287 e. The molecule has 5 nitrogen and oxygen atoms in total. The second-order valence-corrected chi connectivity index (χ2v) is 4.91. The molecule has 1 aromatic heterocycles. The molecule has 0 aliphatic rings. The highest BCUT2D eigenvalue weighted by Crippen LogP contribution is 2.11. The highest BCUT2D eigenvalue weighted by molar-refractivity contribution is 5.93. The highest BCUT2D eigenvalue weighted by atomic mass is 16.5. The SMILES string of the molecule is CCCCCOc1ccc(/C=N\NC(=O)c2ccc[nH]2)cc1. The van der Waals surface area contributed by atoms with Gasteiger partial charge in [-0.3, -0.25) is 4.79 Å². The van der Waals surface area contributed by atoms with Crippen molar-refractivity contribution in [1.82, 2.24) is 10.4 Å². The van der Waals surface area contributed by atoms with Gasteiger partial charge in [0.05, 0.1) is 12.8 Å². The number of ether oxygens (including phenoxy) is 1. The third-order valence-electron chi connectivity index (χ3n) is 3.12. The van der Waals surface area contributed by atoms with Gasteiger partial charge < -0.3 is 9.72 Å². The number of aromatic amines is 1. The minimum Gasteiger partial charge on any atom is -0.494 e. The number of nitrogens with zero attached hydrogens (tertiary/aromatic N) is 1. The second kappa shape index (κ2) is 8.67. The number of rotatable bonds is 8. The number of hydrogen-bond donors (Lipinski definition) is 2. The third-order valence-corrected chi connectivity index (χ3v) is 3.12. The summed E-state index contributed by atoms with van der Waals surface area (Å²) in [6.07, 6.45) is 6.74. The maximum atomic E-state index is 11.6. The Balaban J connectivity index is 1.78. The van der Waals surface area contributed by atoms with E-state index < -0.39 is 0 Å². The van der Waals surface area contributed by atoms with Crippen molar-refractivity contribution in [2.75, 3.05) is 6.61 Å². The van der Waals surface area contributed by atoms with E-state index in [4.69, 9.17) is 4.74 Å². The first-order chi connectivity index (χ1) is 10.8. The molecule has 0 unspecified atom stereocenters. The van der Waals surface area contributed by atoms with Crippen molar-refractivity contribution in [3.63, 3.8) is 0 Å². The number of hydrazone groups is 1. The zero-order valence-corrected chi connectivity index (χ0v) is 12.7. The zero-order valence-electron chi connectivity index (χ0n) is 12.7. The Morgan fingerprint density at radius 1 is 1.27 bits per heavy atom. The van der Waals surface area contributed by atoms with Crippen LogP contribution in [-0.2, 0) is 0 Å². The largest absolute Gasteiger partial charge is 0.494 e. The van der Waals surface area contributed by atoms with Gasteiger partial charge in [-0.25, -0.2) is 5.43 Å². The van der Waals surface area contributed by atoms with Crippen molar-refractivity contribution >= 4 is 12.1 Å². The molecule has 0 fully saturated rings. The third kappa shape index (κ3) is 5.09.